The van der Waals surface area contributed by atoms with Gasteiger partial charge in [0.25, 0.3) is 5.56 Å². The third kappa shape index (κ3) is 4.86. The monoisotopic (exact) mass is 486 g/mol. The molecule has 35 heavy (non-hydrogen) atoms. The molecule has 0 atom stereocenters. The Morgan fingerprint density at radius 2 is 1.69 bits per heavy atom. The van der Waals surface area contributed by atoms with Gasteiger partial charge in [0.15, 0.2) is 16.5 Å². The Kier molecular flexibility index (Phi) is 6.42. The molecular weight excluding hydrogens is 460 g/mol. The lowest BCUT2D eigenvalue weighted by molar-refractivity contribution is 0.208. The van der Waals surface area contributed by atoms with Crippen molar-refractivity contribution in [2.24, 2.45) is 0 Å². The van der Waals surface area contributed by atoms with Crippen LogP contribution in [0.4, 0.5) is 0 Å². The highest BCUT2D eigenvalue weighted by Crippen LogP contribution is 2.29. The van der Waals surface area contributed by atoms with Gasteiger partial charge in [0, 0.05) is 0 Å². The molecule has 178 valence electrons. The number of thiazole rings is 1. The van der Waals surface area contributed by atoms with Crippen LogP contribution in [-0.2, 0) is 0 Å². The average Bonchev–Trinajstić information content (AvgIpc) is 3.33. The Morgan fingerprint density at radius 1 is 0.914 bits per heavy atom. The van der Waals surface area contributed by atoms with Crippen LogP contribution in [0, 0.1) is 13.8 Å². The molecule has 6 nitrogen and oxygen atoms in total. The van der Waals surface area contributed by atoms with E-state index in [-0.39, 0.29) is 5.56 Å². The highest BCUT2D eigenvalue weighted by atomic mass is 32.1. The van der Waals surface area contributed by atoms with Gasteiger partial charge >= 0.3 is 0 Å². The number of para-hydroxylation sites is 2. The molecule has 0 spiro atoms. The second-order valence-electron chi connectivity index (χ2n) is 8.29. The van der Waals surface area contributed by atoms with Crippen molar-refractivity contribution >= 4 is 33.4 Å². The summed E-state index contributed by atoms with van der Waals surface area (Å²) in [6, 6.07) is 19.5. The van der Waals surface area contributed by atoms with Crippen molar-refractivity contribution in [1.29, 1.82) is 0 Å². The molecule has 0 amide bonds. The van der Waals surface area contributed by atoms with Crippen LogP contribution in [0.5, 0.6) is 17.2 Å². The number of benzene rings is 3. The maximum Gasteiger partial charge on any atom is 0.274 e. The van der Waals surface area contributed by atoms with Gasteiger partial charge in [0.05, 0.1) is 22.2 Å². The number of aromatic nitrogens is 2. The largest absolute Gasteiger partial charge is 0.490 e. The van der Waals surface area contributed by atoms with Gasteiger partial charge in [0.2, 0.25) is 0 Å². The van der Waals surface area contributed by atoms with Crippen molar-refractivity contribution in [2.75, 3.05) is 19.8 Å². The molecule has 0 aliphatic rings. The Bertz CT molecular complexity index is 1600. The molecule has 0 fully saturated rings. The highest BCUT2D eigenvalue weighted by Gasteiger charge is 2.11. The molecule has 3 aromatic carbocycles. The summed E-state index contributed by atoms with van der Waals surface area (Å²) in [4.78, 5) is 18.3. The second-order valence-corrected chi connectivity index (χ2v) is 9.30. The zero-order valence-corrected chi connectivity index (χ0v) is 20.7. The summed E-state index contributed by atoms with van der Waals surface area (Å²) in [5.41, 5.74) is 4.77. The van der Waals surface area contributed by atoms with Crippen LogP contribution < -0.4 is 24.3 Å². The number of hydrogen-bond donors (Lipinski definition) is 0. The van der Waals surface area contributed by atoms with Crippen molar-refractivity contribution < 1.29 is 14.2 Å². The van der Waals surface area contributed by atoms with E-state index < -0.39 is 0 Å². The van der Waals surface area contributed by atoms with Crippen molar-refractivity contribution in [3.05, 3.63) is 92.2 Å². The molecule has 7 heteroatoms. The second kappa shape index (κ2) is 9.80. The zero-order valence-electron chi connectivity index (χ0n) is 19.9. The molecule has 0 bridgehead atoms. The van der Waals surface area contributed by atoms with Gasteiger partial charge < -0.3 is 14.2 Å². The van der Waals surface area contributed by atoms with Crippen LogP contribution in [0.3, 0.4) is 0 Å². The minimum absolute atomic E-state index is 0.0690. The van der Waals surface area contributed by atoms with Crippen molar-refractivity contribution in [2.45, 2.75) is 20.8 Å². The summed E-state index contributed by atoms with van der Waals surface area (Å²) in [5.74, 6) is 2.11. The summed E-state index contributed by atoms with van der Waals surface area (Å²) < 4.78 is 19.9. The third-order valence-corrected chi connectivity index (χ3v) is 6.48. The molecule has 0 N–H and O–H groups in total. The molecule has 5 aromatic rings. The first-order chi connectivity index (χ1) is 17.0. The zero-order chi connectivity index (χ0) is 24.4. The quantitative estimate of drug-likeness (QED) is 0.291. The minimum Gasteiger partial charge on any atom is -0.490 e. The number of hydrogen-bond acceptors (Lipinski definition) is 6. The van der Waals surface area contributed by atoms with Gasteiger partial charge in [-0.15, -0.1) is 0 Å². The lowest BCUT2D eigenvalue weighted by Gasteiger charge is -2.13. The SMILES string of the molecule is CCOc1cc(/C=c2/sc3nc4ccccc4n3c2=O)ccc1OCCOc1cc(C)cc(C)c1. The summed E-state index contributed by atoms with van der Waals surface area (Å²) in [5, 5.41) is 0. The standard InChI is InChI=1S/C28H26N2O4S/c1-4-32-25-16-20(9-10-24(25)34-12-11-33-21-14-18(2)13-19(3)15-21)17-26-27(31)30-23-8-6-5-7-22(23)29-28(30)35-26/h5-10,13-17H,4,11-12H2,1-3H3/b26-17+. The fraction of sp³-hybridized carbons (Fsp3) is 0.214. The number of ether oxygens (including phenoxy) is 3. The van der Waals surface area contributed by atoms with Gasteiger partial charge in [-0.25, -0.2) is 9.38 Å². The predicted octanol–water partition coefficient (Wildman–Crippen LogP) is 4.93. The van der Waals surface area contributed by atoms with Gasteiger partial charge in [-0.3, -0.25) is 4.79 Å². The van der Waals surface area contributed by atoms with Gasteiger partial charge in [-0.1, -0.05) is 35.6 Å². The van der Waals surface area contributed by atoms with Crippen LogP contribution in [0.2, 0.25) is 0 Å². The van der Waals surface area contributed by atoms with E-state index in [2.05, 4.69) is 24.9 Å². The molecule has 0 aliphatic heterocycles. The normalized spacial score (nSPS) is 11.9. The molecular formula is C28H26N2O4S. The fourth-order valence-electron chi connectivity index (χ4n) is 4.09. The first-order valence-corrected chi connectivity index (χ1v) is 12.4. The molecule has 0 saturated heterocycles. The number of rotatable bonds is 8. The summed E-state index contributed by atoms with van der Waals surface area (Å²) in [6.45, 7) is 7.34. The summed E-state index contributed by atoms with van der Waals surface area (Å²) in [6.07, 6.45) is 1.87. The summed E-state index contributed by atoms with van der Waals surface area (Å²) in [7, 11) is 0. The summed E-state index contributed by atoms with van der Waals surface area (Å²) >= 11 is 1.38. The van der Waals surface area contributed by atoms with E-state index in [1.54, 1.807) is 4.40 Å². The maximum absolute atomic E-state index is 13.1. The van der Waals surface area contributed by atoms with E-state index in [4.69, 9.17) is 14.2 Å². The fourth-order valence-corrected chi connectivity index (χ4v) is 5.08. The van der Waals surface area contributed by atoms with E-state index in [0.717, 1.165) is 22.3 Å². The van der Waals surface area contributed by atoms with E-state index in [1.165, 1.54) is 22.5 Å². The van der Waals surface area contributed by atoms with E-state index in [0.29, 0.717) is 40.8 Å². The molecule has 0 unspecified atom stereocenters. The number of fused-ring (bicyclic) bond motifs is 3. The average molecular weight is 487 g/mol. The van der Waals surface area contributed by atoms with Crippen molar-refractivity contribution in [3.8, 4) is 17.2 Å². The van der Waals surface area contributed by atoms with Crippen molar-refractivity contribution in [3.63, 3.8) is 0 Å². The van der Waals surface area contributed by atoms with Crippen LogP contribution in [0.15, 0.2) is 65.5 Å². The smallest absolute Gasteiger partial charge is 0.274 e. The molecule has 5 rings (SSSR count). The molecule has 0 aliphatic carbocycles. The Morgan fingerprint density at radius 3 is 2.49 bits per heavy atom. The Hall–Kier alpha value is -3.84. The Balaban J connectivity index is 1.35. The molecule has 0 radical (unpaired) electrons. The van der Waals surface area contributed by atoms with Gasteiger partial charge in [-0.2, -0.15) is 0 Å². The van der Waals surface area contributed by atoms with E-state index in [1.807, 2.05) is 67.6 Å². The number of aryl methyl sites for hydroxylation is 2. The van der Waals surface area contributed by atoms with Crippen LogP contribution in [0.1, 0.15) is 23.6 Å². The lowest BCUT2D eigenvalue weighted by atomic mass is 10.1. The first-order valence-electron chi connectivity index (χ1n) is 11.5. The van der Waals surface area contributed by atoms with E-state index in [9.17, 15) is 4.79 Å². The third-order valence-electron chi connectivity index (χ3n) is 5.52. The van der Waals surface area contributed by atoms with Crippen molar-refractivity contribution in [1.82, 2.24) is 9.38 Å². The van der Waals surface area contributed by atoms with Crippen LogP contribution in [0.25, 0.3) is 22.1 Å². The van der Waals surface area contributed by atoms with Gasteiger partial charge in [0.1, 0.15) is 19.0 Å². The first kappa shape index (κ1) is 22.9. The minimum atomic E-state index is -0.0690. The van der Waals surface area contributed by atoms with E-state index >= 15 is 0 Å². The topological polar surface area (TPSA) is 62.1 Å². The Labute approximate surface area is 207 Å². The number of imidazole rings is 1. The maximum atomic E-state index is 13.1. The molecule has 2 aromatic heterocycles. The predicted molar refractivity (Wildman–Crippen MR) is 140 cm³/mol. The molecule has 0 saturated carbocycles. The van der Waals surface area contributed by atoms with Crippen LogP contribution >= 0.6 is 11.3 Å². The van der Waals surface area contributed by atoms with Crippen LogP contribution in [-0.4, -0.2) is 29.2 Å². The van der Waals surface area contributed by atoms with Gasteiger partial charge in [-0.05, 0) is 79.9 Å². The highest BCUT2D eigenvalue weighted by molar-refractivity contribution is 7.15. The lowest BCUT2D eigenvalue weighted by Crippen LogP contribution is -2.22. The molecule has 2 heterocycles. The number of nitrogens with zero attached hydrogens (tertiary/aromatic N) is 2.